The van der Waals surface area contributed by atoms with E-state index in [1.54, 1.807) is 24.6 Å². The Morgan fingerprint density at radius 2 is 1.89 bits per heavy atom. The van der Waals surface area contributed by atoms with E-state index in [2.05, 4.69) is 0 Å². The molecule has 148 valence electrons. The Morgan fingerprint density at radius 3 is 2.50 bits per heavy atom. The van der Waals surface area contributed by atoms with E-state index in [1.165, 1.54) is 28.4 Å². The first-order valence-corrected chi connectivity index (χ1v) is 9.24. The van der Waals surface area contributed by atoms with Crippen molar-refractivity contribution in [3.8, 4) is 0 Å². The Morgan fingerprint density at radius 1 is 1.14 bits per heavy atom. The molecule has 1 aliphatic heterocycles. The number of thiophene rings is 1. The first kappa shape index (κ1) is 20.1. The third-order valence-electron chi connectivity index (χ3n) is 4.32. The van der Waals surface area contributed by atoms with Gasteiger partial charge in [-0.3, -0.25) is 14.5 Å². The van der Waals surface area contributed by atoms with Gasteiger partial charge in [0, 0.05) is 18.5 Å². The highest BCUT2D eigenvalue weighted by Gasteiger charge is 2.41. The third-order valence-corrected chi connectivity index (χ3v) is 5.21. The highest BCUT2D eigenvalue weighted by atomic mass is 32.1. The highest BCUT2D eigenvalue weighted by Crippen LogP contribution is 2.35. The predicted octanol–water partition coefficient (Wildman–Crippen LogP) is 2.97. The number of benzene rings is 1. The van der Waals surface area contributed by atoms with Crippen LogP contribution in [-0.2, 0) is 22.3 Å². The van der Waals surface area contributed by atoms with Gasteiger partial charge in [-0.05, 0) is 29.1 Å². The predicted molar refractivity (Wildman–Crippen MR) is 98.0 cm³/mol. The standard InChI is InChI=1S/C19H17F3N2O3S/c1-23(7-8-25)16-15(14-6-3-9-28-14)17(26)24(18(16)27)11-12-4-2-5-13(10-12)19(20,21)22/h2-6,9-10,25H,7-8,11H2,1H3. The van der Waals surface area contributed by atoms with E-state index in [9.17, 15) is 27.9 Å². The Labute approximate surface area is 163 Å². The number of hydrogen-bond acceptors (Lipinski definition) is 5. The van der Waals surface area contributed by atoms with Gasteiger partial charge in [0.05, 0.1) is 24.3 Å². The van der Waals surface area contributed by atoms with Gasteiger partial charge in [0.2, 0.25) is 0 Å². The van der Waals surface area contributed by atoms with Gasteiger partial charge in [0.15, 0.2) is 0 Å². The topological polar surface area (TPSA) is 60.9 Å². The van der Waals surface area contributed by atoms with Gasteiger partial charge in [-0.1, -0.05) is 18.2 Å². The quantitative estimate of drug-likeness (QED) is 0.744. The monoisotopic (exact) mass is 410 g/mol. The van der Waals surface area contributed by atoms with Crippen LogP contribution in [0.3, 0.4) is 0 Å². The molecule has 5 nitrogen and oxygen atoms in total. The van der Waals surface area contributed by atoms with Crippen LogP contribution in [0.15, 0.2) is 47.5 Å². The number of rotatable bonds is 6. The van der Waals surface area contributed by atoms with E-state index < -0.39 is 23.6 Å². The second kappa shape index (κ2) is 7.76. The zero-order chi connectivity index (χ0) is 20.5. The summed E-state index contributed by atoms with van der Waals surface area (Å²) in [5.74, 6) is -1.16. The molecule has 1 N–H and O–H groups in total. The van der Waals surface area contributed by atoms with Crippen LogP contribution in [0, 0.1) is 0 Å². The Balaban J connectivity index is 1.95. The van der Waals surface area contributed by atoms with Crippen molar-refractivity contribution in [2.75, 3.05) is 20.2 Å². The van der Waals surface area contributed by atoms with Crippen molar-refractivity contribution < 1.29 is 27.9 Å². The molecule has 28 heavy (non-hydrogen) atoms. The largest absolute Gasteiger partial charge is 0.416 e. The van der Waals surface area contributed by atoms with Crippen molar-refractivity contribution >= 4 is 28.7 Å². The zero-order valence-corrected chi connectivity index (χ0v) is 15.7. The lowest BCUT2D eigenvalue weighted by Gasteiger charge is -2.20. The molecule has 1 aromatic carbocycles. The van der Waals surface area contributed by atoms with Crippen LogP contribution in [-0.4, -0.2) is 46.9 Å². The molecule has 1 aromatic heterocycles. The number of amides is 2. The maximum Gasteiger partial charge on any atom is 0.416 e. The SMILES string of the molecule is CN(CCO)C1=C(c2cccs2)C(=O)N(Cc2cccc(C(F)(F)F)c2)C1=O. The smallest absolute Gasteiger partial charge is 0.395 e. The van der Waals surface area contributed by atoms with Crippen LogP contribution >= 0.6 is 11.3 Å². The summed E-state index contributed by atoms with van der Waals surface area (Å²) in [4.78, 5) is 28.9. The number of aliphatic hydroxyl groups is 1. The van der Waals surface area contributed by atoms with Gasteiger partial charge in [-0.2, -0.15) is 13.2 Å². The fourth-order valence-corrected chi connectivity index (χ4v) is 3.76. The Kier molecular flexibility index (Phi) is 5.57. The van der Waals surface area contributed by atoms with Crippen molar-refractivity contribution in [3.63, 3.8) is 0 Å². The van der Waals surface area contributed by atoms with Crippen LogP contribution < -0.4 is 0 Å². The molecule has 0 aliphatic carbocycles. The van der Waals surface area contributed by atoms with Crippen LogP contribution in [0.5, 0.6) is 0 Å². The van der Waals surface area contributed by atoms with E-state index >= 15 is 0 Å². The summed E-state index contributed by atoms with van der Waals surface area (Å²) in [5.41, 5.74) is -0.308. The molecule has 1 aliphatic rings. The minimum atomic E-state index is -4.51. The molecule has 9 heteroatoms. The molecule has 0 saturated carbocycles. The first-order valence-electron chi connectivity index (χ1n) is 8.36. The molecule has 0 atom stereocenters. The zero-order valence-electron chi connectivity index (χ0n) is 14.9. The van der Waals surface area contributed by atoms with E-state index in [-0.39, 0.29) is 36.5 Å². The first-order chi connectivity index (χ1) is 13.2. The molecular weight excluding hydrogens is 393 g/mol. The van der Waals surface area contributed by atoms with Gasteiger partial charge in [-0.15, -0.1) is 11.3 Å². The lowest BCUT2D eigenvalue weighted by Crippen LogP contribution is -2.34. The number of hydrogen-bond donors (Lipinski definition) is 1. The number of aliphatic hydroxyl groups excluding tert-OH is 1. The number of imide groups is 1. The Bertz CT molecular complexity index is 923. The van der Waals surface area contributed by atoms with Crippen LogP contribution in [0.4, 0.5) is 13.2 Å². The van der Waals surface area contributed by atoms with Crippen molar-refractivity contribution in [3.05, 3.63) is 63.5 Å². The van der Waals surface area contributed by atoms with E-state index in [4.69, 9.17) is 0 Å². The number of nitrogens with zero attached hydrogens (tertiary/aromatic N) is 2. The summed E-state index contributed by atoms with van der Waals surface area (Å²) >= 11 is 1.28. The lowest BCUT2D eigenvalue weighted by molar-refractivity contribution is -0.138. The van der Waals surface area contributed by atoms with E-state index in [1.807, 2.05) is 0 Å². The molecule has 3 rings (SSSR count). The molecule has 2 amide bonds. The summed E-state index contributed by atoms with van der Waals surface area (Å²) in [6, 6.07) is 8.00. The summed E-state index contributed by atoms with van der Waals surface area (Å²) in [6.07, 6.45) is -4.51. The molecule has 0 spiro atoms. The number of carbonyl (C=O) groups excluding carboxylic acids is 2. The van der Waals surface area contributed by atoms with E-state index in [0.717, 1.165) is 17.0 Å². The molecule has 0 fully saturated rings. The lowest BCUT2D eigenvalue weighted by atomic mass is 10.1. The maximum atomic E-state index is 13.0. The fourth-order valence-electron chi connectivity index (χ4n) is 2.99. The minimum absolute atomic E-state index is 0.133. The summed E-state index contributed by atoms with van der Waals surface area (Å²) in [5, 5.41) is 11.0. The normalized spacial score (nSPS) is 15.0. The molecule has 0 radical (unpaired) electrons. The van der Waals surface area contributed by atoms with Crippen LogP contribution in [0.1, 0.15) is 16.0 Å². The number of carbonyl (C=O) groups is 2. The molecule has 0 bridgehead atoms. The fraction of sp³-hybridized carbons (Fsp3) is 0.263. The summed E-state index contributed by atoms with van der Waals surface area (Å²) in [6.45, 7) is -0.347. The molecule has 0 unspecified atom stereocenters. The highest BCUT2D eigenvalue weighted by molar-refractivity contribution is 7.11. The number of likely N-dealkylation sites (N-methyl/N-ethyl adjacent to an activating group) is 1. The molecule has 2 aromatic rings. The van der Waals surface area contributed by atoms with Crippen LogP contribution in [0.25, 0.3) is 5.57 Å². The van der Waals surface area contributed by atoms with E-state index in [0.29, 0.717) is 4.88 Å². The average Bonchev–Trinajstić information content (AvgIpc) is 3.24. The molecule has 2 heterocycles. The number of halogens is 3. The van der Waals surface area contributed by atoms with Crippen LogP contribution in [0.2, 0.25) is 0 Å². The Hall–Kier alpha value is -2.65. The van der Waals surface area contributed by atoms with Crippen molar-refractivity contribution in [1.82, 2.24) is 9.80 Å². The third kappa shape index (κ3) is 3.81. The van der Waals surface area contributed by atoms with Crippen molar-refractivity contribution in [2.24, 2.45) is 0 Å². The van der Waals surface area contributed by atoms with Gasteiger partial charge in [0.25, 0.3) is 11.8 Å². The average molecular weight is 410 g/mol. The van der Waals surface area contributed by atoms with Crippen molar-refractivity contribution in [1.29, 1.82) is 0 Å². The van der Waals surface area contributed by atoms with Crippen molar-refractivity contribution in [2.45, 2.75) is 12.7 Å². The van der Waals surface area contributed by atoms with Gasteiger partial charge in [-0.25, -0.2) is 0 Å². The molecular formula is C19H17F3N2O3S. The van der Waals surface area contributed by atoms with Gasteiger partial charge >= 0.3 is 6.18 Å². The van der Waals surface area contributed by atoms with Gasteiger partial charge in [0.1, 0.15) is 5.70 Å². The number of alkyl halides is 3. The summed E-state index contributed by atoms with van der Waals surface area (Å²) < 4.78 is 38.9. The summed E-state index contributed by atoms with van der Waals surface area (Å²) in [7, 11) is 1.58. The second-order valence-corrected chi connectivity index (χ2v) is 7.19. The maximum absolute atomic E-state index is 13.0. The van der Waals surface area contributed by atoms with Gasteiger partial charge < -0.3 is 10.0 Å². The minimum Gasteiger partial charge on any atom is -0.395 e. The molecule has 0 saturated heterocycles. The second-order valence-electron chi connectivity index (χ2n) is 6.24.